The number of hydrogen-bond donors (Lipinski definition) is 2. The van der Waals surface area contributed by atoms with E-state index in [0.29, 0.717) is 18.9 Å². The fourth-order valence-corrected chi connectivity index (χ4v) is 3.33. The summed E-state index contributed by atoms with van der Waals surface area (Å²) in [5.74, 6) is 0.860. The maximum atomic E-state index is 11.2. The van der Waals surface area contributed by atoms with Gasteiger partial charge in [-0.05, 0) is 50.8 Å². The van der Waals surface area contributed by atoms with Gasteiger partial charge >= 0.3 is 0 Å². The summed E-state index contributed by atoms with van der Waals surface area (Å²) in [6.45, 7) is 8.97. The van der Waals surface area contributed by atoms with Gasteiger partial charge in [0, 0.05) is 25.9 Å². The second-order valence-corrected chi connectivity index (χ2v) is 8.53. The number of rotatable bonds is 6. The zero-order chi connectivity index (χ0) is 17.6. The summed E-state index contributed by atoms with van der Waals surface area (Å²) in [5, 5.41) is 6.54. The van der Waals surface area contributed by atoms with E-state index in [1.165, 1.54) is 28.5 Å². The number of guanidine groups is 1. The quantitative estimate of drug-likeness (QED) is 0.384. The van der Waals surface area contributed by atoms with Gasteiger partial charge in [-0.1, -0.05) is 17.7 Å². The van der Waals surface area contributed by atoms with Crippen LogP contribution in [0.2, 0.25) is 0 Å². The molecule has 0 spiro atoms. The number of benzene rings is 1. The summed E-state index contributed by atoms with van der Waals surface area (Å²) in [6.07, 6.45) is 1.82. The van der Waals surface area contributed by atoms with E-state index < -0.39 is 9.84 Å². The Kier molecular flexibility index (Phi) is 9.87. The molecule has 0 amide bonds. The van der Waals surface area contributed by atoms with Crippen molar-refractivity contribution in [1.82, 2.24) is 10.6 Å². The topological polar surface area (TPSA) is 70.6 Å². The van der Waals surface area contributed by atoms with E-state index in [-0.39, 0.29) is 35.8 Å². The number of aliphatic imine (C=N–C) groups is 1. The van der Waals surface area contributed by atoms with Crippen molar-refractivity contribution in [2.75, 3.05) is 19.1 Å². The van der Waals surface area contributed by atoms with E-state index in [0.717, 1.165) is 0 Å². The van der Waals surface area contributed by atoms with Crippen LogP contribution in [0.4, 0.5) is 0 Å². The van der Waals surface area contributed by atoms with E-state index in [9.17, 15) is 8.42 Å². The highest BCUT2D eigenvalue weighted by molar-refractivity contribution is 14.0. The Bertz CT molecular complexity index is 649. The average molecular weight is 467 g/mol. The SMILES string of the molecule is CN=C(NCc1c(C)cc(C)cc1C)NC(C)CCS(C)(=O)=O.I. The van der Waals surface area contributed by atoms with Gasteiger partial charge in [-0.15, -0.1) is 24.0 Å². The second-order valence-electron chi connectivity index (χ2n) is 6.27. The second kappa shape index (κ2) is 10.2. The lowest BCUT2D eigenvalue weighted by Crippen LogP contribution is -2.42. The van der Waals surface area contributed by atoms with E-state index in [1.807, 2.05) is 6.92 Å². The van der Waals surface area contributed by atoms with Gasteiger partial charge in [-0.2, -0.15) is 0 Å². The van der Waals surface area contributed by atoms with Gasteiger partial charge in [0.05, 0.1) is 5.75 Å². The smallest absolute Gasteiger partial charge is 0.191 e. The van der Waals surface area contributed by atoms with Crippen LogP contribution in [0.3, 0.4) is 0 Å². The summed E-state index contributed by atoms with van der Waals surface area (Å²) in [6, 6.07) is 4.39. The highest BCUT2D eigenvalue weighted by Crippen LogP contribution is 2.15. The third-order valence-corrected chi connectivity index (χ3v) is 4.78. The summed E-state index contributed by atoms with van der Waals surface area (Å²) in [7, 11) is -1.22. The monoisotopic (exact) mass is 467 g/mol. The van der Waals surface area contributed by atoms with E-state index in [2.05, 4.69) is 48.5 Å². The predicted octanol–water partition coefficient (Wildman–Crippen LogP) is 2.72. The van der Waals surface area contributed by atoms with E-state index >= 15 is 0 Å². The first-order valence-electron chi connectivity index (χ1n) is 7.84. The molecule has 0 saturated heterocycles. The molecule has 1 unspecified atom stereocenters. The van der Waals surface area contributed by atoms with Crippen molar-refractivity contribution in [2.45, 2.75) is 46.7 Å². The summed E-state index contributed by atoms with van der Waals surface area (Å²) < 4.78 is 22.5. The molecule has 0 radical (unpaired) electrons. The predicted molar refractivity (Wildman–Crippen MR) is 113 cm³/mol. The van der Waals surface area contributed by atoms with Crippen molar-refractivity contribution in [3.05, 3.63) is 34.4 Å². The molecular formula is C17H30IN3O2S. The van der Waals surface area contributed by atoms with Gasteiger partial charge in [-0.25, -0.2) is 8.42 Å². The maximum Gasteiger partial charge on any atom is 0.191 e. The van der Waals surface area contributed by atoms with Crippen LogP contribution >= 0.6 is 24.0 Å². The average Bonchev–Trinajstić information content (AvgIpc) is 2.41. The third-order valence-electron chi connectivity index (χ3n) is 3.80. The van der Waals surface area contributed by atoms with Crippen molar-refractivity contribution in [1.29, 1.82) is 0 Å². The van der Waals surface area contributed by atoms with Crippen LogP contribution in [0.15, 0.2) is 17.1 Å². The van der Waals surface area contributed by atoms with Crippen molar-refractivity contribution < 1.29 is 8.42 Å². The van der Waals surface area contributed by atoms with Gasteiger partial charge in [0.2, 0.25) is 0 Å². The van der Waals surface area contributed by atoms with E-state index in [4.69, 9.17) is 0 Å². The number of sulfone groups is 1. The molecule has 0 aliphatic carbocycles. The Balaban J connectivity index is 0.00000529. The van der Waals surface area contributed by atoms with Crippen LogP contribution in [-0.4, -0.2) is 39.5 Å². The number of hydrogen-bond acceptors (Lipinski definition) is 3. The van der Waals surface area contributed by atoms with Gasteiger partial charge in [0.25, 0.3) is 0 Å². The number of halogens is 1. The van der Waals surface area contributed by atoms with Crippen LogP contribution < -0.4 is 10.6 Å². The summed E-state index contributed by atoms with van der Waals surface area (Å²) >= 11 is 0. The Morgan fingerprint density at radius 1 is 1.21 bits per heavy atom. The van der Waals surface area contributed by atoms with Crippen molar-refractivity contribution in [3.8, 4) is 0 Å². The van der Waals surface area contributed by atoms with Crippen LogP contribution in [0.5, 0.6) is 0 Å². The molecule has 0 heterocycles. The molecule has 0 aliphatic rings. The Hall–Kier alpha value is -0.830. The van der Waals surface area contributed by atoms with Crippen molar-refractivity contribution in [3.63, 3.8) is 0 Å². The zero-order valence-corrected chi connectivity index (χ0v) is 18.6. The van der Waals surface area contributed by atoms with Crippen LogP contribution in [0.25, 0.3) is 0 Å². The number of nitrogens with one attached hydrogen (secondary N) is 2. The lowest BCUT2D eigenvalue weighted by molar-refractivity contribution is 0.581. The molecular weight excluding hydrogens is 437 g/mol. The number of nitrogens with zero attached hydrogens (tertiary/aromatic N) is 1. The molecule has 0 bridgehead atoms. The maximum absolute atomic E-state index is 11.2. The minimum Gasteiger partial charge on any atom is -0.354 e. The molecule has 0 fully saturated rings. The third kappa shape index (κ3) is 8.32. The first kappa shape index (κ1) is 23.2. The fourth-order valence-electron chi connectivity index (χ4n) is 2.55. The normalized spacial score (nSPS) is 13.2. The number of aryl methyl sites for hydroxylation is 3. The van der Waals surface area contributed by atoms with Crippen molar-refractivity contribution >= 4 is 39.8 Å². The molecule has 1 rings (SSSR count). The first-order valence-corrected chi connectivity index (χ1v) is 9.90. The fraction of sp³-hybridized carbons (Fsp3) is 0.588. The van der Waals surface area contributed by atoms with Crippen LogP contribution in [-0.2, 0) is 16.4 Å². The molecule has 5 nitrogen and oxygen atoms in total. The highest BCUT2D eigenvalue weighted by Gasteiger charge is 2.10. The van der Waals surface area contributed by atoms with Gasteiger partial charge in [0.15, 0.2) is 5.96 Å². The van der Waals surface area contributed by atoms with Gasteiger partial charge < -0.3 is 10.6 Å². The summed E-state index contributed by atoms with van der Waals surface area (Å²) in [5.41, 5.74) is 5.05. The molecule has 1 atom stereocenters. The molecule has 0 aliphatic heterocycles. The lowest BCUT2D eigenvalue weighted by atomic mass is 10.00. The van der Waals surface area contributed by atoms with Gasteiger partial charge in [0.1, 0.15) is 9.84 Å². The molecule has 0 aromatic heterocycles. The largest absolute Gasteiger partial charge is 0.354 e. The molecule has 7 heteroatoms. The standard InChI is InChI=1S/C17H29N3O2S.HI/c1-12-9-13(2)16(14(3)10-12)11-19-17(18-5)20-15(4)7-8-23(6,21)22;/h9-10,15H,7-8,11H2,1-6H3,(H2,18,19,20);1H. The van der Waals surface area contributed by atoms with Crippen molar-refractivity contribution in [2.24, 2.45) is 4.99 Å². The first-order chi connectivity index (χ1) is 10.6. The minimum absolute atomic E-state index is 0. The van der Waals surface area contributed by atoms with Crippen LogP contribution in [0, 0.1) is 20.8 Å². The van der Waals surface area contributed by atoms with E-state index in [1.54, 1.807) is 7.05 Å². The molecule has 1 aromatic carbocycles. The Morgan fingerprint density at radius 3 is 2.21 bits per heavy atom. The lowest BCUT2D eigenvalue weighted by Gasteiger charge is -2.19. The Labute approximate surface area is 163 Å². The summed E-state index contributed by atoms with van der Waals surface area (Å²) in [4.78, 5) is 4.21. The minimum atomic E-state index is -2.93. The molecule has 24 heavy (non-hydrogen) atoms. The highest BCUT2D eigenvalue weighted by atomic mass is 127. The zero-order valence-electron chi connectivity index (χ0n) is 15.4. The molecule has 138 valence electrons. The molecule has 2 N–H and O–H groups in total. The molecule has 0 saturated carbocycles. The molecule has 1 aromatic rings. The van der Waals surface area contributed by atoms with Crippen LogP contribution in [0.1, 0.15) is 35.6 Å². The van der Waals surface area contributed by atoms with Gasteiger partial charge in [-0.3, -0.25) is 4.99 Å². The Morgan fingerprint density at radius 2 is 1.75 bits per heavy atom.